The molecule has 0 fully saturated rings. The number of nitrogens with zero attached hydrogens (tertiary/aromatic N) is 2. The van der Waals surface area contributed by atoms with E-state index < -0.39 is 23.3 Å². The minimum absolute atomic E-state index is 0.0240. The van der Waals surface area contributed by atoms with Gasteiger partial charge < -0.3 is 10.1 Å². The van der Waals surface area contributed by atoms with Gasteiger partial charge in [-0.25, -0.2) is 9.59 Å². The van der Waals surface area contributed by atoms with Gasteiger partial charge in [-0.3, -0.25) is 14.3 Å². The van der Waals surface area contributed by atoms with Crippen LogP contribution in [0.2, 0.25) is 0 Å². The second-order valence-electron chi connectivity index (χ2n) is 5.24. The summed E-state index contributed by atoms with van der Waals surface area (Å²) in [6.45, 7) is 0. The molecule has 3 N–H and O–H groups in total. The van der Waals surface area contributed by atoms with Gasteiger partial charge in [0.1, 0.15) is 17.7 Å². The van der Waals surface area contributed by atoms with Crippen molar-refractivity contribution in [2.75, 3.05) is 0 Å². The van der Waals surface area contributed by atoms with Crippen LogP contribution >= 0.6 is 0 Å². The van der Waals surface area contributed by atoms with E-state index in [1.165, 1.54) is 0 Å². The zero-order valence-corrected chi connectivity index (χ0v) is 12.3. The molecule has 1 atom stereocenters. The third-order valence-electron chi connectivity index (χ3n) is 3.80. The Hall–Kier alpha value is -3.60. The lowest BCUT2D eigenvalue weighted by Crippen LogP contribution is -2.37. The molecule has 0 spiro atoms. The summed E-state index contributed by atoms with van der Waals surface area (Å²) in [5, 5.41) is 19.3. The fourth-order valence-electron chi connectivity index (χ4n) is 2.61. The van der Waals surface area contributed by atoms with Crippen LogP contribution in [-0.2, 0) is 11.2 Å². The Morgan fingerprint density at radius 2 is 2.08 bits per heavy atom. The number of hydrogen-bond donors (Lipinski definition) is 3. The Morgan fingerprint density at radius 3 is 2.79 bits per heavy atom. The summed E-state index contributed by atoms with van der Waals surface area (Å²) in [7, 11) is 0. The normalized spacial score (nSPS) is 12.0. The molecular formula is C16H12N4O4. The van der Waals surface area contributed by atoms with Crippen molar-refractivity contribution in [3.63, 3.8) is 0 Å². The molecule has 0 aliphatic heterocycles. The maximum atomic E-state index is 12.0. The summed E-state index contributed by atoms with van der Waals surface area (Å²) < 4.78 is 0.865. The van der Waals surface area contributed by atoms with Crippen LogP contribution < -0.4 is 11.2 Å². The number of carboxylic acid groups (broad SMARTS) is 1. The molecule has 2 heterocycles. The molecule has 3 aromatic rings. The van der Waals surface area contributed by atoms with Crippen molar-refractivity contribution < 1.29 is 9.90 Å². The van der Waals surface area contributed by atoms with E-state index >= 15 is 0 Å². The Morgan fingerprint density at radius 1 is 1.33 bits per heavy atom. The van der Waals surface area contributed by atoms with E-state index in [4.69, 9.17) is 5.26 Å². The second kappa shape index (κ2) is 5.89. The maximum Gasteiger partial charge on any atom is 0.329 e. The van der Waals surface area contributed by atoms with Crippen LogP contribution in [0.1, 0.15) is 17.2 Å². The number of carboxylic acids is 1. The highest BCUT2D eigenvalue weighted by molar-refractivity contribution is 5.84. The molecular weight excluding hydrogens is 312 g/mol. The number of nitriles is 1. The summed E-state index contributed by atoms with van der Waals surface area (Å²) in [4.78, 5) is 40.1. The number of aromatic nitrogens is 3. The fraction of sp³-hybridized carbons (Fsp3) is 0.125. The van der Waals surface area contributed by atoms with E-state index in [2.05, 4.69) is 4.98 Å². The molecule has 1 unspecified atom stereocenters. The maximum absolute atomic E-state index is 12.0. The van der Waals surface area contributed by atoms with E-state index in [0.29, 0.717) is 0 Å². The van der Waals surface area contributed by atoms with Gasteiger partial charge in [0.2, 0.25) is 0 Å². The van der Waals surface area contributed by atoms with E-state index in [0.717, 1.165) is 27.2 Å². The number of hydrogen-bond acceptors (Lipinski definition) is 4. The second-order valence-corrected chi connectivity index (χ2v) is 5.24. The highest BCUT2D eigenvalue weighted by Gasteiger charge is 2.23. The Kier molecular flexibility index (Phi) is 3.75. The lowest BCUT2D eigenvalue weighted by molar-refractivity contribution is -0.141. The number of rotatable bonds is 4. The topological polar surface area (TPSA) is 132 Å². The van der Waals surface area contributed by atoms with Crippen LogP contribution in [-0.4, -0.2) is 25.6 Å². The van der Waals surface area contributed by atoms with Crippen LogP contribution in [0, 0.1) is 11.3 Å². The van der Waals surface area contributed by atoms with Gasteiger partial charge in [0.05, 0.1) is 0 Å². The van der Waals surface area contributed by atoms with Crippen molar-refractivity contribution in [1.82, 2.24) is 14.5 Å². The number of fused-ring (bicyclic) bond motifs is 1. The summed E-state index contributed by atoms with van der Waals surface area (Å²) in [6.07, 6.45) is 2.69. The smallest absolute Gasteiger partial charge is 0.329 e. The summed E-state index contributed by atoms with van der Waals surface area (Å²) in [5.74, 6) is -1.24. The molecule has 8 heteroatoms. The molecule has 120 valence electrons. The molecule has 1 aromatic carbocycles. The molecule has 0 saturated heterocycles. The third-order valence-corrected chi connectivity index (χ3v) is 3.80. The van der Waals surface area contributed by atoms with Gasteiger partial charge in [-0.05, 0) is 11.6 Å². The highest BCUT2D eigenvalue weighted by Crippen LogP contribution is 2.22. The predicted molar refractivity (Wildman–Crippen MR) is 84.7 cm³/mol. The zero-order valence-electron chi connectivity index (χ0n) is 12.3. The number of H-pyrrole nitrogens is 2. The van der Waals surface area contributed by atoms with E-state index in [1.807, 2.05) is 29.2 Å². The Bertz CT molecular complexity index is 1080. The number of carbonyl (C=O) groups is 1. The zero-order chi connectivity index (χ0) is 17.3. The molecule has 0 amide bonds. The summed E-state index contributed by atoms with van der Waals surface area (Å²) in [5.41, 5.74) is -0.459. The highest BCUT2D eigenvalue weighted by atomic mass is 16.4. The molecule has 0 bridgehead atoms. The SMILES string of the molecule is N#Cc1cn(C(Cc2c[nH]c3ccccc23)C(=O)O)c(=O)[nH]c1=O. The van der Waals surface area contributed by atoms with E-state index in [1.54, 1.807) is 12.3 Å². The van der Waals surface area contributed by atoms with Crippen LogP contribution in [0.25, 0.3) is 10.9 Å². The minimum atomic E-state index is -1.25. The van der Waals surface area contributed by atoms with Gasteiger partial charge in [-0.15, -0.1) is 0 Å². The van der Waals surface area contributed by atoms with Crippen molar-refractivity contribution in [3.05, 3.63) is 68.6 Å². The standard InChI is InChI=1S/C16H12N4O4/c17-6-10-8-20(16(24)19-14(10)21)13(15(22)23)5-9-7-18-12-4-2-1-3-11(9)12/h1-4,7-8,13,18H,5H2,(H,22,23)(H,19,21,24). The van der Waals surface area contributed by atoms with Gasteiger partial charge in [-0.2, -0.15) is 5.26 Å². The average Bonchev–Trinajstić information content (AvgIpc) is 2.96. The van der Waals surface area contributed by atoms with Crippen molar-refractivity contribution in [2.24, 2.45) is 0 Å². The minimum Gasteiger partial charge on any atom is -0.480 e. The predicted octanol–water partition coefficient (Wildman–Crippen LogP) is 0.758. The van der Waals surface area contributed by atoms with Crippen molar-refractivity contribution >= 4 is 16.9 Å². The summed E-state index contributed by atoms with van der Waals surface area (Å²) >= 11 is 0. The number of aliphatic carboxylic acids is 1. The van der Waals surface area contributed by atoms with Crippen LogP contribution in [0.15, 0.2) is 46.2 Å². The van der Waals surface area contributed by atoms with Crippen LogP contribution in [0.3, 0.4) is 0 Å². The van der Waals surface area contributed by atoms with E-state index in [-0.39, 0.29) is 12.0 Å². The largest absolute Gasteiger partial charge is 0.480 e. The lowest BCUT2D eigenvalue weighted by Gasteiger charge is -2.15. The van der Waals surface area contributed by atoms with Crippen LogP contribution in [0.5, 0.6) is 0 Å². The number of aromatic amines is 2. The Labute approximate surface area is 134 Å². The van der Waals surface area contributed by atoms with Crippen molar-refractivity contribution in [2.45, 2.75) is 12.5 Å². The monoisotopic (exact) mass is 324 g/mol. The van der Waals surface area contributed by atoms with E-state index in [9.17, 15) is 19.5 Å². The molecule has 0 aliphatic carbocycles. The third kappa shape index (κ3) is 2.59. The van der Waals surface area contributed by atoms with Crippen molar-refractivity contribution in [3.8, 4) is 6.07 Å². The van der Waals surface area contributed by atoms with Gasteiger partial charge in [0.15, 0.2) is 0 Å². The quantitative estimate of drug-likeness (QED) is 0.652. The molecule has 8 nitrogen and oxygen atoms in total. The molecule has 3 rings (SSSR count). The molecule has 0 saturated carbocycles. The first-order valence-electron chi connectivity index (χ1n) is 7.04. The molecule has 24 heavy (non-hydrogen) atoms. The summed E-state index contributed by atoms with van der Waals surface area (Å²) in [6, 6.07) is 7.77. The first kappa shape index (κ1) is 15.3. The van der Waals surface area contributed by atoms with Gasteiger partial charge in [0, 0.05) is 29.7 Å². The lowest BCUT2D eigenvalue weighted by atomic mass is 10.0. The van der Waals surface area contributed by atoms with Gasteiger partial charge >= 0.3 is 11.7 Å². The molecule has 0 radical (unpaired) electrons. The fourth-order valence-corrected chi connectivity index (χ4v) is 2.61. The van der Waals surface area contributed by atoms with Crippen molar-refractivity contribution in [1.29, 1.82) is 5.26 Å². The van der Waals surface area contributed by atoms with Gasteiger partial charge in [-0.1, -0.05) is 18.2 Å². The number of nitrogens with one attached hydrogen (secondary N) is 2. The number of para-hydroxylation sites is 1. The number of benzene rings is 1. The first-order chi connectivity index (χ1) is 11.5. The molecule has 2 aromatic heterocycles. The first-order valence-corrected chi connectivity index (χ1v) is 7.04. The average molecular weight is 324 g/mol. The Balaban J connectivity index is 2.09. The molecule has 0 aliphatic rings. The van der Waals surface area contributed by atoms with Crippen LogP contribution in [0.4, 0.5) is 0 Å². The van der Waals surface area contributed by atoms with Gasteiger partial charge in [0.25, 0.3) is 5.56 Å².